The van der Waals surface area contributed by atoms with E-state index in [1.807, 2.05) is 6.92 Å². The van der Waals surface area contributed by atoms with E-state index in [9.17, 15) is 5.11 Å². The van der Waals surface area contributed by atoms with E-state index in [0.717, 1.165) is 79.3 Å². The SMILES string of the molecule is C#Cc1c(F)ccc2cc(O)cc(C3=CC(C)=C(/C(=N\C(=C\CC)OCC(C)(CCCC)CCCCC)N4CC5CNCC5C4)/C(=C/C)C3=NC(C)C)c12. The Morgan fingerprint density at radius 3 is 2.44 bits per heavy atom. The van der Waals surface area contributed by atoms with Crippen molar-refractivity contribution in [2.75, 3.05) is 32.8 Å². The number of nitrogens with zero attached hydrogens (tertiary/aromatic N) is 3. The first-order chi connectivity index (χ1) is 26.0. The van der Waals surface area contributed by atoms with Crippen molar-refractivity contribution in [1.29, 1.82) is 0 Å². The molecular formula is C47H63FN4O2. The Morgan fingerprint density at radius 2 is 1.81 bits per heavy atom. The van der Waals surface area contributed by atoms with Crippen LogP contribution in [0, 0.1) is 35.4 Å². The number of nitrogens with one attached hydrogen (secondary N) is 1. The van der Waals surface area contributed by atoms with E-state index >= 15 is 4.39 Å². The van der Waals surface area contributed by atoms with Crippen molar-refractivity contribution in [3.05, 3.63) is 82.0 Å². The monoisotopic (exact) mass is 734 g/mol. The quantitative estimate of drug-likeness (QED) is 0.0628. The van der Waals surface area contributed by atoms with Crippen LogP contribution in [-0.4, -0.2) is 60.4 Å². The van der Waals surface area contributed by atoms with Crippen LogP contribution in [0.2, 0.25) is 0 Å². The number of likely N-dealkylation sites (tertiary alicyclic amines) is 1. The fraction of sp³-hybridized carbons (Fsp3) is 0.532. The minimum Gasteiger partial charge on any atom is -0.508 e. The molecule has 3 unspecified atom stereocenters. The number of hydrogen-bond acceptors (Lipinski definition) is 5. The van der Waals surface area contributed by atoms with Crippen LogP contribution in [0.3, 0.4) is 0 Å². The maximum absolute atomic E-state index is 15.3. The first-order valence-electron chi connectivity index (χ1n) is 20.4. The molecule has 2 aliphatic heterocycles. The second-order valence-corrected chi connectivity index (χ2v) is 16.2. The van der Waals surface area contributed by atoms with E-state index in [2.05, 4.69) is 82.8 Å². The van der Waals surface area contributed by atoms with Gasteiger partial charge >= 0.3 is 0 Å². The Morgan fingerprint density at radius 1 is 1.11 bits per heavy atom. The average molecular weight is 735 g/mol. The predicted octanol–water partition coefficient (Wildman–Crippen LogP) is 10.8. The number of terminal acetylenes is 1. The summed E-state index contributed by atoms with van der Waals surface area (Å²) in [5.74, 6) is 4.88. The third kappa shape index (κ3) is 9.20. The molecule has 2 fully saturated rings. The van der Waals surface area contributed by atoms with Crippen molar-refractivity contribution < 1.29 is 14.2 Å². The Labute approximate surface area is 324 Å². The number of amidine groups is 1. The second kappa shape index (κ2) is 18.5. The topological polar surface area (TPSA) is 69.5 Å². The summed E-state index contributed by atoms with van der Waals surface area (Å²) in [6.45, 7) is 21.8. The van der Waals surface area contributed by atoms with Crippen molar-refractivity contribution in [3.63, 3.8) is 0 Å². The minimum absolute atomic E-state index is 0.0459. The van der Waals surface area contributed by atoms with E-state index in [4.69, 9.17) is 21.1 Å². The van der Waals surface area contributed by atoms with Gasteiger partial charge in [-0.15, -0.1) is 6.42 Å². The third-order valence-electron chi connectivity index (χ3n) is 11.3. The van der Waals surface area contributed by atoms with Crippen molar-refractivity contribution in [1.82, 2.24) is 10.2 Å². The van der Waals surface area contributed by atoms with Gasteiger partial charge in [0.15, 0.2) is 0 Å². The van der Waals surface area contributed by atoms with Gasteiger partial charge in [-0.05, 0) is 106 Å². The molecule has 6 nitrogen and oxygen atoms in total. The molecule has 0 spiro atoms. The molecule has 2 saturated heterocycles. The summed E-state index contributed by atoms with van der Waals surface area (Å²) >= 11 is 0. The summed E-state index contributed by atoms with van der Waals surface area (Å²) < 4.78 is 22.1. The van der Waals surface area contributed by atoms with Gasteiger partial charge in [-0.2, -0.15) is 4.99 Å². The Hall–Kier alpha value is -4.15. The first-order valence-corrected chi connectivity index (χ1v) is 20.4. The summed E-state index contributed by atoms with van der Waals surface area (Å²) in [4.78, 5) is 13.2. The molecule has 3 atom stereocenters. The zero-order valence-electron chi connectivity index (χ0n) is 34.1. The zero-order chi connectivity index (χ0) is 39.0. The van der Waals surface area contributed by atoms with Crippen LogP contribution in [-0.2, 0) is 4.74 Å². The standard InChI is InChI=1S/C47H63FN4O2/c1-10-15-17-22-47(9,21-16-11-2)30-54-42(18-12-3)51-46(52-28-34-26-49-27-35(34)29-52)43-32(8)23-40(45(38(43)14-5)50-31(6)7)39-25-36(53)24-33-19-20-41(48)37(13-4)44(33)39/h4,14,18-20,23-25,31,34-35,49,53H,10-12,15-17,21-22,26-30H2,1-3,5-9H3/b38-14-,42-18-,50-45?,51-46+. The Balaban J connectivity index is 1.70. The second-order valence-electron chi connectivity index (χ2n) is 16.2. The molecule has 0 bridgehead atoms. The van der Waals surface area contributed by atoms with Crippen LogP contribution in [0.15, 0.2) is 75.1 Å². The highest BCUT2D eigenvalue weighted by atomic mass is 19.1. The number of fused-ring (bicyclic) bond motifs is 2. The number of hydrogen-bond donors (Lipinski definition) is 2. The molecule has 54 heavy (non-hydrogen) atoms. The summed E-state index contributed by atoms with van der Waals surface area (Å²) in [5.41, 5.74) is 5.44. The van der Waals surface area contributed by atoms with Crippen LogP contribution >= 0.6 is 0 Å². The highest BCUT2D eigenvalue weighted by Crippen LogP contribution is 2.41. The maximum atomic E-state index is 15.3. The number of benzene rings is 2. The lowest BCUT2D eigenvalue weighted by molar-refractivity contribution is 0.0819. The number of aromatic hydroxyl groups is 1. The number of phenols is 1. The number of aliphatic imine (C=N–C) groups is 2. The molecular weight excluding hydrogens is 672 g/mol. The third-order valence-corrected chi connectivity index (χ3v) is 11.3. The molecule has 0 amide bonds. The minimum atomic E-state index is -0.468. The molecule has 2 heterocycles. The lowest BCUT2D eigenvalue weighted by Crippen LogP contribution is -2.36. The number of halogens is 1. The first kappa shape index (κ1) is 41.0. The molecule has 2 aromatic rings. The van der Waals surface area contributed by atoms with E-state index < -0.39 is 5.82 Å². The van der Waals surface area contributed by atoms with Gasteiger partial charge < -0.3 is 20.1 Å². The summed E-state index contributed by atoms with van der Waals surface area (Å²) in [7, 11) is 0. The number of allylic oxidation sites excluding steroid dienone is 5. The van der Waals surface area contributed by atoms with Crippen molar-refractivity contribution in [2.45, 2.75) is 113 Å². The zero-order valence-corrected chi connectivity index (χ0v) is 34.1. The number of ether oxygens (including phenoxy) is 1. The molecule has 0 saturated carbocycles. The Kier molecular flexibility index (Phi) is 14.0. The molecule has 5 rings (SSSR count). The predicted molar refractivity (Wildman–Crippen MR) is 225 cm³/mol. The van der Waals surface area contributed by atoms with Crippen LogP contribution in [0.25, 0.3) is 16.3 Å². The molecule has 3 aliphatic rings. The highest BCUT2D eigenvalue weighted by molar-refractivity contribution is 6.39. The summed E-state index contributed by atoms with van der Waals surface area (Å²) in [6, 6.07) is 6.31. The van der Waals surface area contributed by atoms with Gasteiger partial charge in [-0.25, -0.2) is 4.39 Å². The van der Waals surface area contributed by atoms with Crippen LogP contribution in [0.1, 0.15) is 118 Å². The number of phenolic OH excluding ortho intramolecular Hbond substituents is 1. The van der Waals surface area contributed by atoms with Crippen molar-refractivity contribution >= 4 is 27.9 Å². The van der Waals surface area contributed by atoms with Crippen LogP contribution in [0.4, 0.5) is 4.39 Å². The van der Waals surface area contributed by atoms with Gasteiger partial charge in [-0.3, -0.25) is 4.99 Å². The number of rotatable bonds is 15. The molecule has 0 radical (unpaired) electrons. The number of unbranched alkanes of at least 4 members (excludes halogenated alkanes) is 3. The van der Waals surface area contributed by atoms with Gasteiger partial charge in [0, 0.05) is 59.7 Å². The fourth-order valence-electron chi connectivity index (χ4n) is 8.44. The fourth-order valence-corrected chi connectivity index (χ4v) is 8.44. The molecule has 7 heteroatoms. The average Bonchev–Trinajstić information content (AvgIpc) is 3.75. The van der Waals surface area contributed by atoms with Gasteiger partial charge in [-0.1, -0.05) is 77.9 Å². The normalized spacial score (nSPS) is 22.0. The molecule has 1 aliphatic carbocycles. The van der Waals surface area contributed by atoms with Gasteiger partial charge in [0.2, 0.25) is 5.88 Å². The van der Waals surface area contributed by atoms with Crippen LogP contribution in [0.5, 0.6) is 5.75 Å². The van der Waals surface area contributed by atoms with Gasteiger partial charge in [0.1, 0.15) is 17.4 Å². The van der Waals surface area contributed by atoms with Gasteiger partial charge in [0.25, 0.3) is 0 Å². The molecule has 0 aromatic heterocycles. The smallest absolute Gasteiger partial charge is 0.211 e. The summed E-state index contributed by atoms with van der Waals surface area (Å²) in [5, 5.41) is 15.8. The van der Waals surface area contributed by atoms with Crippen molar-refractivity contribution in [2.24, 2.45) is 27.2 Å². The highest BCUT2D eigenvalue weighted by Gasteiger charge is 2.40. The van der Waals surface area contributed by atoms with Crippen molar-refractivity contribution in [3.8, 4) is 18.1 Å². The molecule has 2 aromatic carbocycles. The lowest BCUT2D eigenvalue weighted by Gasteiger charge is -2.32. The van der Waals surface area contributed by atoms with Crippen LogP contribution < -0.4 is 5.32 Å². The van der Waals surface area contributed by atoms with E-state index in [1.165, 1.54) is 38.2 Å². The Bertz CT molecular complexity index is 1900. The molecule has 2 N–H and O–H groups in total. The van der Waals surface area contributed by atoms with E-state index in [-0.39, 0.29) is 22.8 Å². The van der Waals surface area contributed by atoms with E-state index in [0.29, 0.717) is 40.7 Å². The maximum Gasteiger partial charge on any atom is 0.211 e. The lowest BCUT2D eigenvalue weighted by atomic mass is 9.80. The van der Waals surface area contributed by atoms with E-state index in [1.54, 1.807) is 18.2 Å². The van der Waals surface area contributed by atoms with Gasteiger partial charge in [0.05, 0.1) is 17.9 Å². The summed E-state index contributed by atoms with van der Waals surface area (Å²) in [6.07, 6.45) is 21.4. The molecule has 290 valence electrons. The largest absolute Gasteiger partial charge is 0.508 e.